The number of nitriles is 1. The highest BCUT2D eigenvalue weighted by atomic mass is 16.5. The fraction of sp³-hybridized carbons (Fsp3) is 0.636. The Morgan fingerprint density at radius 2 is 1.97 bits per heavy atom. The number of hydrogen-bond acceptors (Lipinski definition) is 6. The molecule has 1 N–H and O–H groups in total. The Labute approximate surface area is 173 Å². The third kappa shape index (κ3) is 5.13. The Hall–Kier alpha value is -2.46. The summed E-state index contributed by atoms with van der Waals surface area (Å²) in [7, 11) is 0. The van der Waals surface area contributed by atoms with Crippen LogP contribution in [0.3, 0.4) is 0 Å². The summed E-state index contributed by atoms with van der Waals surface area (Å²) in [5.74, 6) is 0.544. The van der Waals surface area contributed by atoms with Crippen LogP contribution in [0.5, 0.6) is 0 Å². The predicted molar refractivity (Wildman–Crippen MR) is 113 cm³/mol. The molecule has 3 rings (SSSR count). The summed E-state index contributed by atoms with van der Waals surface area (Å²) in [5, 5.41) is 17.7. The normalized spacial score (nSPS) is 14.7. The van der Waals surface area contributed by atoms with Crippen LogP contribution in [-0.2, 0) is 17.6 Å². The standard InChI is InChI=1S/C22H32N6O/c1-4-6-7-9-19-17(14-23)15-24-22(25-19)26-21-16(3)28(27-20(21)8-5-2)18-10-12-29-13-11-18/h15,18H,4-13H2,1-3H3,(H,24,25,26). The minimum atomic E-state index is 0.376. The van der Waals surface area contributed by atoms with E-state index in [1.165, 1.54) is 0 Å². The van der Waals surface area contributed by atoms with E-state index < -0.39 is 0 Å². The number of rotatable bonds is 9. The lowest BCUT2D eigenvalue weighted by atomic mass is 10.1. The molecule has 7 nitrogen and oxygen atoms in total. The molecule has 0 spiro atoms. The molecule has 7 heteroatoms. The van der Waals surface area contributed by atoms with Crippen molar-refractivity contribution in [2.24, 2.45) is 0 Å². The lowest BCUT2D eigenvalue weighted by Gasteiger charge is -2.23. The van der Waals surface area contributed by atoms with Crippen molar-refractivity contribution in [1.29, 1.82) is 5.26 Å². The molecule has 0 aromatic carbocycles. The van der Waals surface area contributed by atoms with E-state index in [1.54, 1.807) is 6.20 Å². The van der Waals surface area contributed by atoms with Gasteiger partial charge in [-0.2, -0.15) is 10.4 Å². The SMILES string of the molecule is CCCCCc1nc(Nc2c(CCC)nn(C3CCOCC3)c2C)ncc1C#N. The Morgan fingerprint density at radius 1 is 1.17 bits per heavy atom. The number of unbranched alkanes of at least 4 members (excludes halogenated alkanes) is 2. The molecule has 0 saturated carbocycles. The number of anilines is 2. The molecule has 2 aromatic rings. The van der Waals surface area contributed by atoms with Crippen molar-refractivity contribution in [3.05, 3.63) is 28.8 Å². The van der Waals surface area contributed by atoms with Gasteiger partial charge in [0.05, 0.1) is 40.6 Å². The van der Waals surface area contributed by atoms with Gasteiger partial charge in [0.1, 0.15) is 6.07 Å². The van der Waals surface area contributed by atoms with Gasteiger partial charge in [-0.05, 0) is 39.0 Å². The maximum Gasteiger partial charge on any atom is 0.227 e. The van der Waals surface area contributed by atoms with Crippen molar-refractivity contribution in [3.8, 4) is 6.07 Å². The Balaban J connectivity index is 1.87. The third-order valence-corrected chi connectivity index (χ3v) is 5.49. The van der Waals surface area contributed by atoms with Gasteiger partial charge >= 0.3 is 0 Å². The average Bonchev–Trinajstić information content (AvgIpc) is 3.05. The number of aromatic nitrogens is 4. The van der Waals surface area contributed by atoms with Crippen molar-refractivity contribution in [1.82, 2.24) is 19.7 Å². The summed E-state index contributed by atoms with van der Waals surface area (Å²) >= 11 is 0. The van der Waals surface area contributed by atoms with Crippen LogP contribution in [0.4, 0.5) is 11.6 Å². The van der Waals surface area contributed by atoms with Gasteiger partial charge in [-0.3, -0.25) is 4.68 Å². The molecule has 156 valence electrons. The fourth-order valence-electron chi connectivity index (χ4n) is 3.85. The zero-order valence-electron chi connectivity index (χ0n) is 17.9. The van der Waals surface area contributed by atoms with Crippen LogP contribution in [-0.4, -0.2) is 33.0 Å². The number of nitrogens with one attached hydrogen (secondary N) is 1. The Morgan fingerprint density at radius 3 is 2.66 bits per heavy atom. The minimum absolute atomic E-state index is 0.376. The van der Waals surface area contributed by atoms with E-state index in [0.29, 0.717) is 17.6 Å². The summed E-state index contributed by atoms with van der Waals surface area (Å²) < 4.78 is 7.67. The average molecular weight is 397 g/mol. The van der Waals surface area contributed by atoms with Gasteiger partial charge in [0.15, 0.2) is 0 Å². The first kappa shape index (κ1) is 21.3. The molecular formula is C22H32N6O. The zero-order valence-corrected chi connectivity index (χ0v) is 17.9. The quantitative estimate of drug-likeness (QED) is 0.622. The molecule has 0 aliphatic carbocycles. The zero-order chi connectivity index (χ0) is 20.6. The van der Waals surface area contributed by atoms with Crippen LogP contribution < -0.4 is 5.32 Å². The van der Waals surface area contributed by atoms with E-state index >= 15 is 0 Å². The second kappa shape index (κ2) is 10.4. The molecule has 0 bridgehead atoms. The Bertz CT molecular complexity index is 848. The van der Waals surface area contributed by atoms with Crippen LogP contribution in [0.15, 0.2) is 6.20 Å². The van der Waals surface area contributed by atoms with E-state index in [-0.39, 0.29) is 0 Å². The van der Waals surface area contributed by atoms with Crippen LogP contribution in [0.25, 0.3) is 0 Å². The largest absolute Gasteiger partial charge is 0.381 e. The van der Waals surface area contributed by atoms with Crippen LogP contribution in [0.1, 0.15) is 81.1 Å². The van der Waals surface area contributed by atoms with E-state index in [2.05, 4.69) is 46.8 Å². The van der Waals surface area contributed by atoms with Gasteiger partial charge in [-0.15, -0.1) is 0 Å². The second-order valence-corrected chi connectivity index (χ2v) is 7.69. The molecule has 0 atom stereocenters. The number of nitrogens with zero attached hydrogens (tertiary/aromatic N) is 5. The van der Waals surface area contributed by atoms with Gasteiger partial charge in [0.25, 0.3) is 0 Å². The van der Waals surface area contributed by atoms with Gasteiger partial charge in [0, 0.05) is 13.2 Å². The second-order valence-electron chi connectivity index (χ2n) is 7.69. The first-order valence-electron chi connectivity index (χ1n) is 10.9. The molecule has 1 saturated heterocycles. The summed E-state index contributed by atoms with van der Waals surface area (Å²) in [6, 6.07) is 2.60. The maximum atomic E-state index is 9.39. The van der Waals surface area contributed by atoms with Crippen molar-refractivity contribution in [3.63, 3.8) is 0 Å². The molecule has 1 aliphatic rings. The van der Waals surface area contributed by atoms with Crippen molar-refractivity contribution >= 4 is 11.6 Å². The van der Waals surface area contributed by atoms with Crippen molar-refractivity contribution in [2.45, 2.75) is 78.2 Å². The monoisotopic (exact) mass is 396 g/mol. The van der Waals surface area contributed by atoms with Crippen LogP contribution in [0, 0.1) is 18.3 Å². The lowest BCUT2D eigenvalue weighted by molar-refractivity contribution is 0.0656. The number of aryl methyl sites for hydroxylation is 2. The van der Waals surface area contributed by atoms with Crippen molar-refractivity contribution < 1.29 is 4.74 Å². The van der Waals surface area contributed by atoms with E-state index in [4.69, 9.17) is 9.84 Å². The summed E-state index contributed by atoms with van der Waals surface area (Å²) in [4.78, 5) is 9.07. The highest BCUT2D eigenvalue weighted by Gasteiger charge is 2.23. The highest BCUT2D eigenvalue weighted by Crippen LogP contribution is 2.30. The lowest BCUT2D eigenvalue weighted by Crippen LogP contribution is -2.21. The molecule has 2 aromatic heterocycles. The molecule has 0 amide bonds. The van der Waals surface area contributed by atoms with Gasteiger partial charge in [0.2, 0.25) is 5.95 Å². The summed E-state index contributed by atoms with van der Waals surface area (Å²) in [6.07, 6.45) is 9.64. The first-order chi connectivity index (χ1) is 14.2. The van der Waals surface area contributed by atoms with Gasteiger partial charge in [-0.1, -0.05) is 33.1 Å². The van der Waals surface area contributed by atoms with E-state index in [9.17, 15) is 5.26 Å². The molecule has 1 fully saturated rings. The van der Waals surface area contributed by atoms with Crippen LogP contribution >= 0.6 is 0 Å². The number of ether oxygens (including phenoxy) is 1. The topological polar surface area (TPSA) is 88.7 Å². The molecule has 0 radical (unpaired) electrons. The van der Waals surface area contributed by atoms with Gasteiger partial charge in [-0.25, -0.2) is 9.97 Å². The molecule has 1 aliphatic heterocycles. The van der Waals surface area contributed by atoms with Crippen molar-refractivity contribution in [2.75, 3.05) is 18.5 Å². The highest BCUT2D eigenvalue weighted by molar-refractivity contribution is 5.60. The van der Waals surface area contributed by atoms with Crippen LogP contribution in [0.2, 0.25) is 0 Å². The smallest absolute Gasteiger partial charge is 0.227 e. The fourth-order valence-corrected chi connectivity index (χ4v) is 3.85. The minimum Gasteiger partial charge on any atom is -0.381 e. The third-order valence-electron chi connectivity index (χ3n) is 5.49. The maximum absolute atomic E-state index is 9.39. The van der Waals surface area contributed by atoms with E-state index in [0.717, 1.165) is 87.3 Å². The molecule has 0 unspecified atom stereocenters. The molecule has 3 heterocycles. The van der Waals surface area contributed by atoms with E-state index in [1.807, 2.05) is 0 Å². The molecular weight excluding hydrogens is 364 g/mol. The molecule has 29 heavy (non-hydrogen) atoms. The summed E-state index contributed by atoms with van der Waals surface area (Å²) in [5.41, 5.74) is 4.56. The van der Waals surface area contributed by atoms with Gasteiger partial charge < -0.3 is 10.1 Å². The predicted octanol–water partition coefficient (Wildman–Crippen LogP) is 4.63. The number of hydrogen-bond donors (Lipinski definition) is 1. The summed E-state index contributed by atoms with van der Waals surface area (Å²) in [6.45, 7) is 8.02. The Kier molecular flexibility index (Phi) is 7.59. The first-order valence-corrected chi connectivity index (χ1v) is 10.9.